The fourth-order valence-corrected chi connectivity index (χ4v) is 3.29. The van der Waals surface area contributed by atoms with E-state index in [4.69, 9.17) is 9.63 Å². The Labute approximate surface area is 151 Å². The van der Waals surface area contributed by atoms with Crippen LogP contribution in [-0.4, -0.2) is 46.8 Å². The van der Waals surface area contributed by atoms with E-state index in [1.807, 2.05) is 6.07 Å². The summed E-state index contributed by atoms with van der Waals surface area (Å²) < 4.78 is 5.04. The smallest absolute Gasteiger partial charge is 0.354 e. The van der Waals surface area contributed by atoms with Crippen molar-refractivity contribution in [2.24, 2.45) is 5.92 Å². The minimum atomic E-state index is -1.04. The SMILES string of the molecule is Cc1noc(C)c1C(=O)NCC1CCCN(c2cccc(C(=O)O)n2)C1. The number of anilines is 1. The second-order valence-electron chi connectivity index (χ2n) is 6.55. The Morgan fingerprint density at radius 3 is 2.88 bits per heavy atom. The molecular weight excluding hydrogens is 336 g/mol. The monoisotopic (exact) mass is 358 g/mol. The molecule has 1 saturated heterocycles. The van der Waals surface area contributed by atoms with Gasteiger partial charge < -0.3 is 19.8 Å². The van der Waals surface area contributed by atoms with E-state index < -0.39 is 5.97 Å². The van der Waals surface area contributed by atoms with Gasteiger partial charge >= 0.3 is 5.97 Å². The Kier molecular flexibility index (Phi) is 5.20. The van der Waals surface area contributed by atoms with Crippen LogP contribution in [0.4, 0.5) is 5.82 Å². The highest BCUT2D eigenvalue weighted by atomic mass is 16.5. The molecule has 0 aromatic carbocycles. The van der Waals surface area contributed by atoms with Crippen molar-refractivity contribution in [2.45, 2.75) is 26.7 Å². The van der Waals surface area contributed by atoms with Crippen molar-refractivity contribution < 1.29 is 19.2 Å². The highest BCUT2D eigenvalue weighted by Crippen LogP contribution is 2.22. The van der Waals surface area contributed by atoms with Crippen LogP contribution in [0.15, 0.2) is 22.7 Å². The number of pyridine rings is 1. The molecule has 0 radical (unpaired) electrons. The van der Waals surface area contributed by atoms with Gasteiger partial charge in [0.15, 0.2) is 5.69 Å². The van der Waals surface area contributed by atoms with Gasteiger partial charge in [0.1, 0.15) is 17.1 Å². The molecule has 1 aliphatic rings. The van der Waals surface area contributed by atoms with E-state index in [-0.39, 0.29) is 17.5 Å². The van der Waals surface area contributed by atoms with Gasteiger partial charge in [0.05, 0.1) is 5.69 Å². The van der Waals surface area contributed by atoms with Gasteiger partial charge in [-0.2, -0.15) is 0 Å². The lowest BCUT2D eigenvalue weighted by atomic mass is 9.97. The molecule has 1 unspecified atom stereocenters. The Morgan fingerprint density at radius 2 is 2.19 bits per heavy atom. The van der Waals surface area contributed by atoms with E-state index in [9.17, 15) is 9.59 Å². The Bertz CT molecular complexity index is 798. The highest BCUT2D eigenvalue weighted by molar-refractivity contribution is 5.96. The number of aryl methyl sites for hydroxylation is 2. The summed E-state index contributed by atoms with van der Waals surface area (Å²) in [4.78, 5) is 29.7. The third-order valence-corrected chi connectivity index (χ3v) is 4.61. The molecule has 8 heteroatoms. The standard InChI is InChI=1S/C18H22N4O4/c1-11-16(12(2)26-21-11)17(23)19-9-13-5-4-8-22(10-13)15-7-3-6-14(20-15)18(24)25/h3,6-7,13H,4-5,8-10H2,1-2H3,(H,19,23)(H,24,25). The summed E-state index contributed by atoms with van der Waals surface area (Å²) in [5.41, 5.74) is 1.12. The van der Waals surface area contributed by atoms with E-state index >= 15 is 0 Å². The van der Waals surface area contributed by atoms with E-state index in [0.29, 0.717) is 29.4 Å². The molecule has 26 heavy (non-hydrogen) atoms. The molecule has 0 aliphatic carbocycles. The number of aromatic carboxylic acids is 1. The number of carbonyl (C=O) groups excluding carboxylic acids is 1. The zero-order valence-electron chi connectivity index (χ0n) is 14.9. The molecule has 138 valence electrons. The molecule has 0 saturated carbocycles. The van der Waals surface area contributed by atoms with E-state index in [1.165, 1.54) is 6.07 Å². The van der Waals surface area contributed by atoms with Crippen LogP contribution in [0.5, 0.6) is 0 Å². The first-order chi connectivity index (χ1) is 12.5. The van der Waals surface area contributed by atoms with Gasteiger partial charge in [-0.3, -0.25) is 4.79 Å². The molecular formula is C18H22N4O4. The second-order valence-corrected chi connectivity index (χ2v) is 6.55. The number of amides is 1. The van der Waals surface area contributed by atoms with E-state index in [2.05, 4.69) is 20.4 Å². The van der Waals surface area contributed by atoms with Crippen molar-refractivity contribution in [3.8, 4) is 0 Å². The number of aromatic nitrogens is 2. The summed E-state index contributed by atoms with van der Waals surface area (Å²) in [6, 6.07) is 5.00. The number of nitrogens with one attached hydrogen (secondary N) is 1. The van der Waals surface area contributed by atoms with E-state index in [0.717, 1.165) is 25.9 Å². The van der Waals surface area contributed by atoms with Gasteiger partial charge in [0, 0.05) is 19.6 Å². The minimum Gasteiger partial charge on any atom is -0.477 e. The first-order valence-corrected chi connectivity index (χ1v) is 8.62. The van der Waals surface area contributed by atoms with Crippen LogP contribution >= 0.6 is 0 Å². The van der Waals surface area contributed by atoms with Gasteiger partial charge in [0.2, 0.25) is 0 Å². The minimum absolute atomic E-state index is 0.0383. The maximum absolute atomic E-state index is 12.4. The number of hydrogen-bond donors (Lipinski definition) is 2. The summed E-state index contributed by atoms with van der Waals surface area (Å²) in [7, 11) is 0. The zero-order valence-corrected chi connectivity index (χ0v) is 14.9. The molecule has 1 fully saturated rings. The third-order valence-electron chi connectivity index (χ3n) is 4.61. The third kappa shape index (κ3) is 3.84. The van der Waals surface area contributed by atoms with Crippen molar-refractivity contribution >= 4 is 17.7 Å². The van der Waals surface area contributed by atoms with Gasteiger partial charge in [-0.05, 0) is 44.7 Å². The largest absolute Gasteiger partial charge is 0.477 e. The topological polar surface area (TPSA) is 109 Å². The predicted molar refractivity (Wildman–Crippen MR) is 94.4 cm³/mol. The second kappa shape index (κ2) is 7.55. The maximum Gasteiger partial charge on any atom is 0.354 e. The van der Waals surface area contributed by atoms with Crippen molar-refractivity contribution in [3.63, 3.8) is 0 Å². The van der Waals surface area contributed by atoms with Gasteiger partial charge in [-0.1, -0.05) is 11.2 Å². The first-order valence-electron chi connectivity index (χ1n) is 8.62. The Morgan fingerprint density at radius 1 is 1.38 bits per heavy atom. The van der Waals surface area contributed by atoms with Crippen LogP contribution < -0.4 is 10.2 Å². The predicted octanol–water partition coefficient (Wildman–Crippen LogP) is 2.03. The molecule has 1 atom stereocenters. The summed E-state index contributed by atoms with van der Waals surface area (Å²) in [5.74, 6) is 0.228. The molecule has 1 aliphatic heterocycles. The van der Waals surface area contributed by atoms with Crippen molar-refractivity contribution in [2.75, 3.05) is 24.5 Å². The number of piperidine rings is 1. The molecule has 2 N–H and O–H groups in total. The maximum atomic E-state index is 12.4. The van der Waals surface area contributed by atoms with Gasteiger partial charge in [0.25, 0.3) is 5.91 Å². The molecule has 0 bridgehead atoms. The Balaban J connectivity index is 1.61. The molecule has 8 nitrogen and oxygen atoms in total. The molecule has 3 heterocycles. The average molecular weight is 358 g/mol. The van der Waals surface area contributed by atoms with E-state index in [1.54, 1.807) is 19.9 Å². The number of carbonyl (C=O) groups is 2. The van der Waals surface area contributed by atoms with Gasteiger partial charge in [-0.25, -0.2) is 9.78 Å². The first kappa shape index (κ1) is 17.9. The number of hydrogen-bond acceptors (Lipinski definition) is 6. The lowest BCUT2D eigenvalue weighted by Gasteiger charge is -2.33. The highest BCUT2D eigenvalue weighted by Gasteiger charge is 2.23. The number of carboxylic acids is 1. The lowest BCUT2D eigenvalue weighted by Crippen LogP contribution is -2.41. The fraction of sp³-hybridized carbons (Fsp3) is 0.444. The molecule has 2 aromatic heterocycles. The van der Waals surface area contributed by atoms with Gasteiger partial charge in [-0.15, -0.1) is 0 Å². The fourth-order valence-electron chi connectivity index (χ4n) is 3.29. The molecule has 0 spiro atoms. The van der Waals surface area contributed by atoms with Crippen LogP contribution in [-0.2, 0) is 0 Å². The van der Waals surface area contributed by atoms with Crippen molar-refractivity contribution in [1.29, 1.82) is 0 Å². The normalized spacial score (nSPS) is 17.2. The summed E-state index contributed by atoms with van der Waals surface area (Å²) >= 11 is 0. The van der Waals surface area contributed by atoms with Crippen LogP contribution in [0.3, 0.4) is 0 Å². The van der Waals surface area contributed by atoms with Crippen LogP contribution in [0.25, 0.3) is 0 Å². The molecule has 2 aromatic rings. The quantitative estimate of drug-likeness (QED) is 0.842. The average Bonchev–Trinajstić information content (AvgIpc) is 2.98. The van der Waals surface area contributed by atoms with Crippen LogP contribution in [0.2, 0.25) is 0 Å². The van der Waals surface area contributed by atoms with Crippen LogP contribution in [0.1, 0.15) is 45.1 Å². The summed E-state index contributed by atoms with van der Waals surface area (Å²) in [6.45, 7) is 5.55. The molecule has 1 amide bonds. The molecule has 3 rings (SSSR count). The Hall–Kier alpha value is -2.90. The van der Waals surface area contributed by atoms with Crippen molar-refractivity contribution in [3.05, 3.63) is 40.9 Å². The summed E-state index contributed by atoms with van der Waals surface area (Å²) in [6.07, 6.45) is 1.96. The lowest BCUT2D eigenvalue weighted by molar-refractivity contribution is 0.0690. The number of carboxylic acid groups (broad SMARTS) is 1. The summed E-state index contributed by atoms with van der Waals surface area (Å²) in [5, 5.41) is 15.9. The van der Waals surface area contributed by atoms with Crippen molar-refractivity contribution in [1.82, 2.24) is 15.5 Å². The zero-order chi connectivity index (χ0) is 18.7. The number of rotatable bonds is 5. The van der Waals surface area contributed by atoms with Crippen LogP contribution in [0, 0.1) is 19.8 Å². The number of nitrogens with zero attached hydrogens (tertiary/aromatic N) is 3.